The monoisotopic (exact) mass is 256 g/mol. The molecule has 0 aromatic heterocycles. The summed E-state index contributed by atoms with van der Waals surface area (Å²) in [7, 11) is 1.58. The lowest BCUT2D eigenvalue weighted by molar-refractivity contribution is -0.145. The lowest BCUT2D eigenvalue weighted by Gasteiger charge is -2.27. The molecule has 1 unspecified atom stereocenters. The first-order valence-electron chi connectivity index (χ1n) is 5.88. The highest BCUT2D eigenvalue weighted by Gasteiger charge is 2.32. The van der Waals surface area contributed by atoms with Gasteiger partial charge in [0.1, 0.15) is 11.5 Å². The van der Waals surface area contributed by atoms with Crippen LogP contribution < -0.4 is 9.47 Å². The third-order valence-corrected chi connectivity index (χ3v) is 3.19. The van der Waals surface area contributed by atoms with Crippen molar-refractivity contribution in [3.63, 3.8) is 0 Å². The Labute approximate surface area is 110 Å². The lowest BCUT2D eigenvalue weighted by atomic mass is 9.92. The van der Waals surface area contributed by atoms with E-state index < -0.39 is 12.1 Å². The van der Waals surface area contributed by atoms with Gasteiger partial charge in [-0.05, 0) is 17.7 Å². The first-order chi connectivity index (χ1) is 9.22. The van der Waals surface area contributed by atoms with Crippen LogP contribution in [0.25, 0.3) is 11.1 Å². The molecule has 0 aliphatic carbocycles. The second-order valence-corrected chi connectivity index (χ2v) is 4.26. The Morgan fingerprint density at radius 2 is 2.00 bits per heavy atom. The Morgan fingerprint density at radius 1 is 1.21 bits per heavy atom. The van der Waals surface area contributed by atoms with Crippen LogP contribution in [-0.2, 0) is 4.79 Å². The smallest absolute Gasteiger partial charge is 0.349 e. The van der Waals surface area contributed by atoms with Gasteiger partial charge < -0.3 is 14.6 Å². The van der Waals surface area contributed by atoms with Crippen LogP contribution in [0.3, 0.4) is 0 Å². The van der Waals surface area contributed by atoms with Crippen molar-refractivity contribution in [2.45, 2.75) is 6.10 Å². The summed E-state index contributed by atoms with van der Waals surface area (Å²) in [5, 5.41) is 9.28. The maximum absolute atomic E-state index is 11.3. The van der Waals surface area contributed by atoms with E-state index in [1.54, 1.807) is 31.4 Å². The molecule has 96 valence electrons. The number of ether oxygens (including phenoxy) is 2. The van der Waals surface area contributed by atoms with Gasteiger partial charge in [0.05, 0.1) is 12.7 Å². The van der Waals surface area contributed by atoms with E-state index in [0.29, 0.717) is 17.1 Å². The van der Waals surface area contributed by atoms with Crippen LogP contribution >= 0.6 is 0 Å². The van der Waals surface area contributed by atoms with Crippen molar-refractivity contribution in [1.29, 1.82) is 0 Å². The van der Waals surface area contributed by atoms with Crippen LogP contribution in [-0.4, -0.2) is 18.2 Å². The van der Waals surface area contributed by atoms with Gasteiger partial charge in [-0.2, -0.15) is 0 Å². The second kappa shape index (κ2) is 4.31. The number of carbonyl (C=O) groups is 1. The van der Waals surface area contributed by atoms with Gasteiger partial charge in [0.2, 0.25) is 6.10 Å². The van der Waals surface area contributed by atoms with Crippen LogP contribution in [0.4, 0.5) is 0 Å². The summed E-state index contributed by atoms with van der Waals surface area (Å²) in [6.07, 6.45) is -0.976. The predicted octanol–water partition coefficient (Wildman–Crippen LogP) is 2.88. The van der Waals surface area contributed by atoms with Crippen molar-refractivity contribution in [2.75, 3.05) is 7.11 Å². The summed E-state index contributed by atoms with van der Waals surface area (Å²) in [5.74, 6) is 0.208. The molecule has 1 N–H and O–H groups in total. The van der Waals surface area contributed by atoms with Crippen molar-refractivity contribution in [1.82, 2.24) is 0 Å². The lowest BCUT2D eigenvalue weighted by Crippen LogP contribution is -2.22. The molecule has 4 heteroatoms. The number of aliphatic carboxylic acids is 1. The van der Waals surface area contributed by atoms with Gasteiger partial charge in [-0.25, -0.2) is 4.79 Å². The van der Waals surface area contributed by atoms with E-state index in [1.807, 2.05) is 18.2 Å². The number of fused-ring (bicyclic) bond motifs is 3. The van der Waals surface area contributed by atoms with E-state index in [4.69, 9.17) is 9.47 Å². The normalized spacial score (nSPS) is 15.9. The van der Waals surface area contributed by atoms with Gasteiger partial charge in [0, 0.05) is 5.56 Å². The average molecular weight is 256 g/mol. The highest BCUT2D eigenvalue weighted by atomic mass is 16.5. The van der Waals surface area contributed by atoms with Gasteiger partial charge in [0.15, 0.2) is 0 Å². The molecule has 1 heterocycles. The molecule has 0 saturated carbocycles. The Kier molecular flexibility index (Phi) is 2.63. The number of carboxylic acid groups (broad SMARTS) is 1. The Morgan fingerprint density at radius 3 is 2.74 bits per heavy atom. The highest BCUT2D eigenvalue weighted by molar-refractivity contribution is 5.87. The Hall–Kier alpha value is -2.49. The van der Waals surface area contributed by atoms with Crippen molar-refractivity contribution in [2.24, 2.45) is 0 Å². The van der Waals surface area contributed by atoms with E-state index in [0.717, 1.165) is 11.1 Å². The minimum Gasteiger partial charge on any atom is -0.496 e. The zero-order valence-corrected chi connectivity index (χ0v) is 10.3. The predicted molar refractivity (Wildman–Crippen MR) is 69.4 cm³/mol. The Bertz CT molecular complexity index is 648. The molecular weight excluding hydrogens is 244 g/mol. The maximum atomic E-state index is 11.3. The molecular formula is C15H12O4. The number of carboxylic acids is 1. The second-order valence-electron chi connectivity index (χ2n) is 4.26. The van der Waals surface area contributed by atoms with Gasteiger partial charge >= 0.3 is 5.97 Å². The summed E-state index contributed by atoms with van der Waals surface area (Å²) in [5.41, 5.74) is 2.29. The molecule has 0 bridgehead atoms. The number of rotatable bonds is 2. The van der Waals surface area contributed by atoms with Crippen molar-refractivity contribution in [3.05, 3.63) is 48.0 Å². The molecule has 0 radical (unpaired) electrons. The molecule has 2 aromatic carbocycles. The zero-order chi connectivity index (χ0) is 13.4. The van der Waals surface area contributed by atoms with Crippen LogP contribution in [0.2, 0.25) is 0 Å². The summed E-state index contributed by atoms with van der Waals surface area (Å²) in [6, 6.07) is 12.7. The van der Waals surface area contributed by atoms with E-state index in [-0.39, 0.29) is 0 Å². The van der Waals surface area contributed by atoms with Crippen LogP contribution in [0, 0.1) is 0 Å². The van der Waals surface area contributed by atoms with E-state index in [1.165, 1.54) is 0 Å². The topological polar surface area (TPSA) is 55.8 Å². The fourth-order valence-electron chi connectivity index (χ4n) is 2.37. The van der Waals surface area contributed by atoms with E-state index in [2.05, 4.69) is 0 Å². The van der Waals surface area contributed by atoms with Gasteiger partial charge in [0.25, 0.3) is 0 Å². The van der Waals surface area contributed by atoms with Crippen LogP contribution in [0.5, 0.6) is 11.5 Å². The molecule has 3 rings (SSSR count). The third kappa shape index (κ3) is 1.73. The van der Waals surface area contributed by atoms with Crippen LogP contribution in [0.1, 0.15) is 11.7 Å². The fraction of sp³-hybridized carbons (Fsp3) is 0.133. The summed E-state index contributed by atoms with van der Waals surface area (Å²) < 4.78 is 10.9. The molecule has 2 aromatic rings. The Balaban J connectivity index is 2.28. The number of hydrogen-bond donors (Lipinski definition) is 1. The SMILES string of the molecule is COc1cccc2c1-c1ccccc1C(C(=O)O)O2. The molecule has 0 fully saturated rings. The number of methoxy groups -OCH3 is 1. The van der Waals surface area contributed by atoms with Crippen LogP contribution in [0.15, 0.2) is 42.5 Å². The molecule has 1 aliphatic heterocycles. The zero-order valence-electron chi connectivity index (χ0n) is 10.3. The summed E-state index contributed by atoms with van der Waals surface area (Å²) >= 11 is 0. The standard InChI is InChI=1S/C15H12O4/c1-18-11-7-4-8-12-13(11)9-5-2-3-6-10(9)14(19-12)15(16)17/h2-8,14H,1H3,(H,16,17). The first-order valence-corrected chi connectivity index (χ1v) is 5.88. The quantitative estimate of drug-likeness (QED) is 0.897. The molecule has 4 nitrogen and oxygen atoms in total. The van der Waals surface area contributed by atoms with E-state index in [9.17, 15) is 9.90 Å². The largest absolute Gasteiger partial charge is 0.496 e. The summed E-state index contributed by atoms with van der Waals surface area (Å²) in [6.45, 7) is 0. The molecule has 1 atom stereocenters. The average Bonchev–Trinajstić information content (AvgIpc) is 2.45. The number of benzene rings is 2. The van der Waals surface area contributed by atoms with Gasteiger partial charge in [-0.1, -0.05) is 30.3 Å². The van der Waals surface area contributed by atoms with Crippen molar-refractivity contribution >= 4 is 5.97 Å². The minimum absolute atomic E-state index is 0.533. The molecule has 1 aliphatic rings. The maximum Gasteiger partial charge on any atom is 0.349 e. The minimum atomic E-state index is -0.999. The van der Waals surface area contributed by atoms with Gasteiger partial charge in [-0.15, -0.1) is 0 Å². The summed E-state index contributed by atoms with van der Waals surface area (Å²) in [4.78, 5) is 11.3. The molecule has 0 saturated heterocycles. The molecule has 0 amide bonds. The van der Waals surface area contributed by atoms with Crippen molar-refractivity contribution in [3.8, 4) is 22.6 Å². The molecule has 0 spiro atoms. The third-order valence-electron chi connectivity index (χ3n) is 3.19. The van der Waals surface area contributed by atoms with E-state index >= 15 is 0 Å². The van der Waals surface area contributed by atoms with Gasteiger partial charge in [-0.3, -0.25) is 0 Å². The first kappa shape index (κ1) is 11.6. The highest BCUT2D eigenvalue weighted by Crippen LogP contribution is 2.46. The number of hydrogen-bond acceptors (Lipinski definition) is 3. The molecule has 19 heavy (non-hydrogen) atoms. The fourth-order valence-corrected chi connectivity index (χ4v) is 2.37. The van der Waals surface area contributed by atoms with Crippen molar-refractivity contribution < 1.29 is 19.4 Å².